The third-order valence-electron chi connectivity index (χ3n) is 8.31. The van der Waals surface area contributed by atoms with E-state index in [0.717, 1.165) is 74.5 Å². The first-order valence-electron chi connectivity index (χ1n) is 16.9. The minimum absolute atomic E-state index is 0.0814. The van der Waals surface area contributed by atoms with Crippen molar-refractivity contribution in [1.29, 1.82) is 0 Å². The average molecular weight is 622 g/mol. The summed E-state index contributed by atoms with van der Waals surface area (Å²) in [6.45, 7) is 9.89. The van der Waals surface area contributed by atoms with E-state index in [2.05, 4.69) is 17.6 Å². The monoisotopic (exact) mass is 621 g/mol. The standard InChI is InChI=1S/C37H55N3O5/c1-6-7-8-9-10-14-25-40(33(29-21-17-27(2)18-22-29)34(42)38-30-15-12-11-13-16-30)35(43)32(39-36(44)45-37(3,4)5)26-28-19-23-31(41)24-20-28/h17-24,30,32-33,41H,6-16,25-26H2,1-5H3,(H,38,42)(H,39,44). The molecule has 3 amide bonds. The van der Waals surface area contributed by atoms with Gasteiger partial charge in [0.25, 0.3) is 0 Å². The number of amides is 3. The van der Waals surface area contributed by atoms with Crippen LogP contribution in [0.5, 0.6) is 5.75 Å². The normalized spacial score (nSPS) is 15.1. The second kappa shape index (κ2) is 17.8. The highest BCUT2D eigenvalue weighted by Gasteiger charge is 2.37. The molecule has 0 saturated heterocycles. The van der Waals surface area contributed by atoms with Gasteiger partial charge >= 0.3 is 6.09 Å². The highest BCUT2D eigenvalue weighted by molar-refractivity contribution is 5.92. The van der Waals surface area contributed by atoms with E-state index in [-0.39, 0.29) is 30.0 Å². The lowest BCUT2D eigenvalue weighted by atomic mass is 9.94. The van der Waals surface area contributed by atoms with Crippen LogP contribution in [0.1, 0.15) is 121 Å². The third kappa shape index (κ3) is 12.4. The number of aryl methyl sites for hydroxylation is 1. The molecule has 3 rings (SSSR count). The van der Waals surface area contributed by atoms with E-state index in [4.69, 9.17) is 4.74 Å². The Balaban J connectivity index is 1.99. The van der Waals surface area contributed by atoms with Gasteiger partial charge < -0.3 is 25.4 Å². The summed E-state index contributed by atoms with van der Waals surface area (Å²) in [5.41, 5.74) is 1.82. The molecule has 0 aliphatic heterocycles. The largest absolute Gasteiger partial charge is 0.508 e. The molecule has 1 aliphatic carbocycles. The van der Waals surface area contributed by atoms with Gasteiger partial charge in [-0.2, -0.15) is 0 Å². The number of benzene rings is 2. The van der Waals surface area contributed by atoms with E-state index in [1.807, 2.05) is 31.2 Å². The lowest BCUT2D eigenvalue weighted by Crippen LogP contribution is -2.54. The van der Waals surface area contributed by atoms with Gasteiger partial charge in [-0.15, -0.1) is 0 Å². The van der Waals surface area contributed by atoms with Gasteiger partial charge in [-0.05, 0) is 70.2 Å². The summed E-state index contributed by atoms with van der Waals surface area (Å²) in [5.74, 6) is -0.414. The van der Waals surface area contributed by atoms with Crippen LogP contribution in [0.15, 0.2) is 48.5 Å². The number of unbranched alkanes of at least 4 members (excludes halogenated alkanes) is 5. The number of nitrogens with zero attached hydrogens (tertiary/aromatic N) is 1. The van der Waals surface area contributed by atoms with Crippen molar-refractivity contribution in [3.05, 3.63) is 65.2 Å². The van der Waals surface area contributed by atoms with Crippen LogP contribution in [-0.4, -0.2) is 52.1 Å². The molecule has 0 radical (unpaired) electrons. The Morgan fingerprint density at radius 1 is 0.911 bits per heavy atom. The fourth-order valence-corrected chi connectivity index (χ4v) is 5.90. The summed E-state index contributed by atoms with van der Waals surface area (Å²) < 4.78 is 5.56. The summed E-state index contributed by atoms with van der Waals surface area (Å²) in [5, 5.41) is 15.9. The van der Waals surface area contributed by atoms with Crippen molar-refractivity contribution in [2.75, 3.05) is 6.54 Å². The number of nitrogens with one attached hydrogen (secondary N) is 2. The molecule has 8 nitrogen and oxygen atoms in total. The molecule has 2 aromatic rings. The molecule has 1 aliphatic rings. The van der Waals surface area contributed by atoms with Gasteiger partial charge in [-0.25, -0.2) is 4.79 Å². The third-order valence-corrected chi connectivity index (χ3v) is 8.31. The maximum absolute atomic E-state index is 14.7. The maximum Gasteiger partial charge on any atom is 0.408 e. The molecule has 0 bridgehead atoms. The molecule has 0 heterocycles. The number of carbonyl (C=O) groups is 3. The molecule has 2 atom stereocenters. The molecular weight excluding hydrogens is 566 g/mol. The molecule has 3 N–H and O–H groups in total. The van der Waals surface area contributed by atoms with Crippen LogP contribution >= 0.6 is 0 Å². The van der Waals surface area contributed by atoms with E-state index in [9.17, 15) is 19.5 Å². The number of carbonyl (C=O) groups excluding carboxylic acids is 3. The van der Waals surface area contributed by atoms with Crippen LogP contribution in [-0.2, 0) is 20.7 Å². The number of alkyl carbamates (subject to hydrolysis) is 1. The van der Waals surface area contributed by atoms with Gasteiger partial charge in [0.1, 0.15) is 23.4 Å². The van der Waals surface area contributed by atoms with Crippen LogP contribution in [0, 0.1) is 6.92 Å². The van der Waals surface area contributed by atoms with Gasteiger partial charge in [-0.1, -0.05) is 100 Å². The molecule has 8 heteroatoms. The Morgan fingerprint density at radius 2 is 1.53 bits per heavy atom. The molecule has 1 fully saturated rings. The second-order valence-electron chi connectivity index (χ2n) is 13.5. The van der Waals surface area contributed by atoms with Crippen LogP contribution in [0.3, 0.4) is 0 Å². The van der Waals surface area contributed by atoms with Gasteiger partial charge in [0.2, 0.25) is 11.8 Å². The Hall–Kier alpha value is -3.55. The van der Waals surface area contributed by atoms with Crippen molar-refractivity contribution in [3.8, 4) is 5.75 Å². The molecule has 1 saturated carbocycles. The molecule has 2 unspecified atom stereocenters. The topological polar surface area (TPSA) is 108 Å². The second-order valence-corrected chi connectivity index (χ2v) is 13.5. The molecule has 0 aromatic heterocycles. The molecule has 248 valence electrons. The summed E-state index contributed by atoms with van der Waals surface area (Å²) in [4.78, 5) is 43.6. The Morgan fingerprint density at radius 3 is 2.16 bits per heavy atom. The van der Waals surface area contributed by atoms with Crippen molar-refractivity contribution >= 4 is 17.9 Å². The predicted molar refractivity (Wildman–Crippen MR) is 179 cm³/mol. The van der Waals surface area contributed by atoms with Crippen molar-refractivity contribution < 1.29 is 24.2 Å². The van der Waals surface area contributed by atoms with Gasteiger partial charge in [-0.3, -0.25) is 9.59 Å². The first-order valence-corrected chi connectivity index (χ1v) is 16.9. The predicted octanol–water partition coefficient (Wildman–Crippen LogP) is 7.52. The van der Waals surface area contributed by atoms with Crippen LogP contribution in [0.4, 0.5) is 4.79 Å². The number of hydrogen-bond donors (Lipinski definition) is 3. The lowest BCUT2D eigenvalue weighted by molar-refractivity contribution is -0.143. The minimum atomic E-state index is -0.986. The van der Waals surface area contributed by atoms with Crippen molar-refractivity contribution in [2.45, 2.75) is 135 Å². The van der Waals surface area contributed by atoms with Crippen LogP contribution < -0.4 is 10.6 Å². The number of rotatable bonds is 15. The smallest absolute Gasteiger partial charge is 0.408 e. The summed E-state index contributed by atoms with van der Waals surface area (Å²) >= 11 is 0. The number of phenolic OH excluding ortho intramolecular Hbond substituents is 1. The van der Waals surface area contributed by atoms with Gasteiger partial charge in [0.15, 0.2) is 0 Å². The van der Waals surface area contributed by atoms with Crippen molar-refractivity contribution in [1.82, 2.24) is 15.5 Å². The highest BCUT2D eigenvalue weighted by atomic mass is 16.6. The minimum Gasteiger partial charge on any atom is -0.508 e. The number of aromatic hydroxyl groups is 1. The fraction of sp³-hybridized carbons (Fsp3) is 0.595. The van der Waals surface area contributed by atoms with Crippen LogP contribution in [0.25, 0.3) is 0 Å². The molecular formula is C37H55N3O5. The van der Waals surface area contributed by atoms with Crippen molar-refractivity contribution in [3.63, 3.8) is 0 Å². The lowest BCUT2D eigenvalue weighted by Gasteiger charge is -2.36. The first kappa shape index (κ1) is 35.9. The Bertz CT molecular complexity index is 1200. The fourth-order valence-electron chi connectivity index (χ4n) is 5.90. The zero-order valence-corrected chi connectivity index (χ0v) is 28.1. The summed E-state index contributed by atoms with van der Waals surface area (Å²) in [7, 11) is 0. The Kier molecular flexibility index (Phi) is 14.2. The molecule has 0 spiro atoms. The summed E-state index contributed by atoms with van der Waals surface area (Å²) in [6.07, 6.45) is 10.9. The van der Waals surface area contributed by atoms with E-state index in [1.54, 1.807) is 49.9 Å². The van der Waals surface area contributed by atoms with Gasteiger partial charge in [0.05, 0.1) is 0 Å². The van der Waals surface area contributed by atoms with E-state index < -0.39 is 23.8 Å². The Labute approximate surface area is 270 Å². The zero-order chi connectivity index (χ0) is 32.8. The maximum atomic E-state index is 14.7. The average Bonchev–Trinajstić information content (AvgIpc) is 2.99. The highest BCUT2D eigenvalue weighted by Crippen LogP contribution is 2.27. The number of ether oxygens (including phenoxy) is 1. The first-order chi connectivity index (χ1) is 21.5. The SMILES string of the molecule is CCCCCCCCN(C(=O)C(Cc1ccc(O)cc1)NC(=O)OC(C)(C)C)C(C(=O)NC1CCCCC1)c1ccc(C)cc1. The van der Waals surface area contributed by atoms with E-state index in [0.29, 0.717) is 6.54 Å². The quantitative estimate of drug-likeness (QED) is 0.178. The molecule has 45 heavy (non-hydrogen) atoms. The van der Waals surface area contributed by atoms with Gasteiger partial charge in [0, 0.05) is 19.0 Å². The zero-order valence-electron chi connectivity index (χ0n) is 28.1. The van der Waals surface area contributed by atoms with Crippen molar-refractivity contribution in [2.24, 2.45) is 0 Å². The number of phenols is 1. The van der Waals surface area contributed by atoms with Crippen LogP contribution in [0.2, 0.25) is 0 Å². The van der Waals surface area contributed by atoms with E-state index >= 15 is 0 Å². The summed E-state index contributed by atoms with van der Waals surface area (Å²) in [6, 6.07) is 12.6. The van der Waals surface area contributed by atoms with E-state index in [1.165, 1.54) is 12.8 Å². The molecule has 2 aromatic carbocycles. The number of hydrogen-bond acceptors (Lipinski definition) is 5.